The van der Waals surface area contributed by atoms with Crippen molar-refractivity contribution >= 4 is 0 Å². The van der Waals surface area contributed by atoms with Gasteiger partial charge in [0.15, 0.2) is 0 Å². The number of likely N-dealkylation sites (N-methyl/N-ethyl adjacent to an activating group) is 1. The zero-order valence-electron chi connectivity index (χ0n) is 10.2. The molecule has 0 saturated heterocycles. The lowest BCUT2D eigenvalue weighted by molar-refractivity contribution is 0.0828. The Hall–Kier alpha value is -1.12. The molecular weight excluding hydrogens is 198 g/mol. The van der Waals surface area contributed by atoms with E-state index in [1.807, 2.05) is 18.2 Å². The molecule has 0 saturated carbocycles. The Balaban J connectivity index is 2.30. The third-order valence-corrected chi connectivity index (χ3v) is 2.43. The molecule has 0 heterocycles. The van der Waals surface area contributed by atoms with Crippen molar-refractivity contribution in [1.82, 2.24) is 5.32 Å². The van der Waals surface area contributed by atoms with Crippen LogP contribution in [0.25, 0.3) is 0 Å². The topological polar surface area (TPSA) is 21.3 Å². The molecule has 0 spiro atoms. The normalized spacial score (nSPS) is 12.4. The van der Waals surface area contributed by atoms with Crippen molar-refractivity contribution in [1.29, 1.82) is 0 Å². The van der Waals surface area contributed by atoms with Crippen LogP contribution in [0.3, 0.4) is 0 Å². The predicted octanol–water partition coefficient (Wildman–Crippen LogP) is 2.93. The quantitative estimate of drug-likeness (QED) is 0.712. The van der Waals surface area contributed by atoms with Crippen molar-refractivity contribution < 1.29 is 4.74 Å². The molecule has 0 aromatic heterocycles. The zero-order chi connectivity index (χ0) is 11.8. The number of nitrogens with one attached hydrogen (secondary N) is 1. The molecule has 0 radical (unpaired) electrons. The van der Waals surface area contributed by atoms with E-state index in [-0.39, 0.29) is 6.10 Å². The molecule has 1 N–H and O–H groups in total. The number of rotatable bonds is 7. The fourth-order valence-corrected chi connectivity index (χ4v) is 1.42. The summed E-state index contributed by atoms with van der Waals surface area (Å²) in [5.41, 5.74) is 2.29. The molecule has 16 heavy (non-hydrogen) atoms. The van der Waals surface area contributed by atoms with E-state index in [9.17, 15) is 0 Å². The second-order valence-corrected chi connectivity index (χ2v) is 3.89. The van der Waals surface area contributed by atoms with Crippen LogP contribution in [0, 0.1) is 0 Å². The van der Waals surface area contributed by atoms with Gasteiger partial charge in [-0.1, -0.05) is 43.8 Å². The summed E-state index contributed by atoms with van der Waals surface area (Å²) in [4.78, 5) is 0. The minimum Gasteiger partial charge on any atom is -0.369 e. The van der Waals surface area contributed by atoms with E-state index in [4.69, 9.17) is 4.74 Å². The summed E-state index contributed by atoms with van der Waals surface area (Å²) >= 11 is 0. The summed E-state index contributed by atoms with van der Waals surface area (Å²) in [7, 11) is 0. The van der Waals surface area contributed by atoms with Gasteiger partial charge in [-0.3, -0.25) is 0 Å². The van der Waals surface area contributed by atoms with Crippen LogP contribution in [0.2, 0.25) is 0 Å². The summed E-state index contributed by atoms with van der Waals surface area (Å²) < 4.78 is 5.75. The molecule has 2 nitrogen and oxygen atoms in total. The van der Waals surface area contributed by atoms with Crippen LogP contribution in [0.5, 0.6) is 0 Å². The predicted molar refractivity (Wildman–Crippen MR) is 68.5 cm³/mol. The summed E-state index contributed by atoms with van der Waals surface area (Å²) in [5, 5.41) is 3.23. The van der Waals surface area contributed by atoms with Gasteiger partial charge >= 0.3 is 0 Å². The molecule has 0 aliphatic heterocycles. The Labute approximate surface area is 98.3 Å². The highest BCUT2D eigenvalue weighted by Crippen LogP contribution is 2.16. The SMILES string of the molecule is C=C(CNCC)COC(C)c1ccccc1. The molecule has 0 bridgehead atoms. The Morgan fingerprint density at radius 2 is 2.06 bits per heavy atom. The molecule has 1 atom stereocenters. The fourth-order valence-electron chi connectivity index (χ4n) is 1.42. The van der Waals surface area contributed by atoms with Crippen LogP contribution < -0.4 is 5.32 Å². The first-order valence-corrected chi connectivity index (χ1v) is 5.78. The van der Waals surface area contributed by atoms with Crippen molar-refractivity contribution in [2.24, 2.45) is 0 Å². The molecule has 2 heteroatoms. The van der Waals surface area contributed by atoms with Crippen molar-refractivity contribution in [3.05, 3.63) is 48.0 Å². The van der Waals surface area contributed by atoms with Gasteiger partial charge in [0.05, 0.1) is 12.7 Å². The average Bonchev–Trinajstić information content (AvgIpc) is 2.34. The Morgan fingerprint density at radius 3 is 2.69 bits per heavy atom. The molecule has 0 aliphatic rings. The molecule has 0 fully saturated rings. The van der Waals surface area contributed by atoms with Gasteiger partial charge in [-0.05, 0) is 24.6 Å². The fraction of sp³-hybridized carbons (Fsp3) is 0.429. The van der Waals surface area contributed by atoms with E-state index in [2.05, 4.69) is 37.9 Å². The molecular formula is C14H21NO. The van der Waals surface area contributed by atoms with Crippen molar-refractivity contribution in [3.63, 3.8) is 0 Å². The van der Waals surface area contributed by atoms with E-state index in [0.717, 1.165) is 18.7 Å². The van der Waals surface area contributed by atoms with Crippen molar-refractivity contribution in [3.8, 4) is 0 Å². The van der Waals surface area contributed by atoms with Gasteiger partial charge in [0.2, 0.25) is 0 Å². The van der Waals surface area contributed by atoms with Gasteiger partial charge in [0.25, 0.3) is 0 Å². The van der Waals surface area contributed by atoms with E-state index in [0.29, 0.717) is 6.61 Å². The number of benzene rings is 1. The summed E-state index contributed by atoms with van der Waals surface area (Å²) in [6, 6.07) is 10.2. The highest BCUT2D eigenvalue weighted by Gasteiger charge is 2.05. The monoisotopic (exact) mass is 219 g/mol. The average molecular weight is 219 g/mol. The number of hydrogen-bond donors (Lipinski definition) is 1. The largest absolute Gasteiger partial charge is 0.369 e. The van der Waals surface area contributed by atoms with E-state index in [1.165, 1.54) is 5.56 Å². The smallest absolute Gasteiger partial charge is 0.0801 e. The minimum absolute atomic E-state index is 0.125. The molecule has 1 rings (SSSR count). The zero-order valence-corrected chi connectivity index (χ0v) is 10.2. The Bertz CT molecular complexity index is 308. The van der Waals surface area contributed by atoms with Gasteiger partial charge in [0.1, 0.15) is 0 Å². The van der Waals surface area contributed by atoms with Gasteiger partial charge in [-0.15, -0.1) is 0 Å². The van der Waals surface area contributed by atoms with Crippen molar-refractivity contribution in [2.45, 2.75) is 20.0 Å². The molecule has 1 unspecified atom stereocenters. The number of hydrogen-bond acceptors (Lipinski definition) is 2. The van der Waals surface area contributed by atoms with Crippen LogP contribution in [0.4, 0.5) is 0 Å². The lowest BCUT2D eigenvalue weighted by Gasteiger charge is -2.14. The standard InChI is InChI=1S/C14H21NO/c1-4-15-10-12(2)11-16-13(3)14-8-6-5-7-9-14/h5-9,13,15H,2,4,10-11H2,1,3H3. The van der Waals surface area contributed by atoms with Crippen LogP contribution >= 0.6 is 0 Å². The lowest BCUT2D eigenvalue weighted by Crippen LogP contribution is -2.18. The number of ether oxygens (including phenoxy) is 1. The first-order valence-electron chi connectivity index (χ1n) is 5.78. The van der Waals surface area contributed by atoms with Crippen LogP contribution in [0.1, 0.15) is 25.5 Å². The maximum atomic E-state index is 5.75. The molecule has 88 valence electrons. The van der Waals surface area contributed by atoms with E-state index in [1.54, 1.807) is 0 Å². The Morgan fingerprint density at radius 1 is 1.38 bits per heavy atom. The maximum Gasteiger partial charge on any atom is 0.0801 e. The second kappa shape index (κ2) is 7.20. The third-order valence-electron chi connectivity index (χ3n) is 2.43. The Kier molecular flexibility index (Phi) is 5.83. The van der Waals surface area contributed by atoms with E-state index >= 15 is 0 Å². The molecule has 0 amide bonds. The third kappa shape index (κ3) is 4.60. The van der Waals surface area contributed by atoms with Crippen LogP contribution in [-0.2, 0) is 4.74 Å². The molecule has 1 aromatic carbocycles. The van der Waals surface area contributed by atoms with Crippen LogP contribution in [-0.4, -0.2) is 19.7 Å². The van der Waals surface area contributed by atoms with Gasteiger partial charge in [0, 0.05) is 6.54 Å². The summed E-state index contributed by atoms with van der Waals surface area (Å²) in [6.07, 6.45) is 0.125. The highest BCUT2D eigenvalue weighted by atomic mass is 16.5. The maximum absolute atomic E-state index is 5.75. The first kappa shape index (κ1) is 12.9. The summed E-state index contributed by atoms with van der Waals surface area (Å²) in [5.74, 6) is 0. The van der Waals surface area contributed by atoms with Crippen LogP contribution in [0.15, 0.2) is 42.5 Å². The van der Waals surface area contributed by atoms with E-state index < -0.39 is 0 Å². The molecule has 1 aromatic rings. The van der Waals surface area contributed by atoms with Gasteiger partial charge < -0.3 is 10.1 Å². The second-order valence-electron chi connectivity index (χ2n) is 3.89. The van der Waals surface area contributed by atoms with Gasteiger partial charge in [-0.2, -0.15) is 0 Å². The first-order chi connectivity index (χ1) is 7.74. The van der Waals surface area contributed by atoms with Crippen molar-refractivity contribution in [2.75, 3.05) is 19.7 Å². The summed E-state index contributed by atoms with van der Waals surface area (Å²) in [6.45, 7) is 10.5. The lowest BCUT2D eigenvalue weighted by atomic mass is 10.1. The minimum atomic E-state index is 0.125. The van der Waals surface area contributed by atoms with Gasteiger partial charge in [-0.25, -0.2) is 0 Å². The molecule has 0 aliphatic carbocycles. The highest BCUT2D eigenvalue weighted by molar-refractivity contribution is 5.17.